The van der Waals surface area contributed by atoms with E-state index in [-0.39, 0.29) is 12.4 Å². The van der Waals surface area contributed by atoms with Crippen LogP contribution in [-0.4, -0.2) is 30.2 Å². The molecule has 0 aromatic heterocycles. The van der Waals surface area contributed by atoms with Gasteiger partial charge in [-0.2, -0.15) is 0 Å². The highest BCUT2D eigenvalue weighted by atomic mass is 19.1. The lowest BCUT2D eigenvalue weighted by atomic mass is 9.98. The number of benzene rings is 1. The molecule has 1 heterocycles. The molecule has 0 fully saturated rings. The highest BCUT2D eigenvalue weighted by Crippen LogP contribution is 2.24. The van der Waals surface area contributed by atoms with Gasteiger partial charge in [0.15, 0.2) is 0 Å². The standard InChI is InChI=1S/C13H14FNO/c1-15-7-6-13(11(8-15)9-16)10-2-4-12(14)5-3-10/h2-7,16H,8-9H2,1H3. The first-order chi connectivity index (χ1) is 7.70. The fraction of sp³-hybridized carbons (Fsp3) is 0.231. The van der Waals surface area contributed by atoms with Crippen LogP contribution in [0.4, 0.5) is 4.39 Å². The average molecular weight is 219 g/mol. The summed E-state index contributed by atoms with van der Waals surface area (Å²) in [6.07, 6.45) is 3.90. The quantitative estimate of drug-likeness (QED) is 0.822. The van der Waals surface area contributed by atoms with Crippen molar-refractivity contribution >= 4 is 5.57 Å². The van der Waals surface area contributed by atoms with Crippen LogP contribution in [0.25, 0.3) is 5.57 Å². The Labute approximate surface area is 94.3 Å². The van der Waals surface area contributed by atoms with E-state index < -0.39 is 0 Å². The number of aliphatic hydroxyl groups excluding tert-OH is 1. The van der Waals surface area contributed by atoms with Crippen molar-refractivity contribution in [3.8, 4) is 0 Å². The van der Waals surface area contributed by atoms with Crippen molar-refractivity contribution < 1.29 is 9.50 Å². The van der Waals surface area contributed by atoms with E-state index in [0.717, 1.165) is 16.7 Å². The third kappa shape index (κ3) is 2.14. The minimum atomic E-state index is -0.244. The highest BCUT2D eigenvalue weighted by Gasteiger charge is 2.11. The molecule has 16 heavy (non-hydrogen) atoms. The van der Waals surface area contributed by atoms with E-state index in [1.165, 1.54) is 12.1 Å². The molecule has 0 amide bonds. The second-order valence-electron chi connectivity index (χ2n) is 3.91. The fourth-order valence-electron chi connectivity index (χ4n) is 1.82. The van der Waals surface area contributed by atoms with Crippen LogP contribution in [0.2, 0.25) is 0 Å². The van der Waals surface area contributed by atoms with Crippen LogP contribution >= 0.6 is 0 Å². The molecule has 1 aromatic rings. The summed E-state index contributed by atoms with van der Waals surface area (Å²) >= 11 is 0. The van der Waals surface area contributed by atoms with Crippen LogP contribution in [0.5, 0.6) is 0 Å². The highest BCUT2D eigenvalue weighted by molar-refractivity contribution is 5.77. The zero-order valence-electron chi connectivity index (χ0n) is 9.15. The van der Waals surface area contributed by atoms with E-state index in [1.54, 1.807) is 12.1 Å². The second kappa shape index (κ2) is 4.49. The minimum Gasteiger partial charge on any atom is -0.392 e. The van der Waals surface area contributed by atoms with Gasteiger partial charge in [0.05, 0.1) is 6.61 Å². The Bertz CT molecular complexity index is 434. The molecule has 1 N–H and O–H groups in total. The fourth-order valence-corrected chi connectivity index (χ4v) is 1.82. The van der Waals surface area contributed by atoms with E-state index in [1.807, 2.05) is 24.2 Å². The Kier molecular flexibility index (Phi) is 3.06. The van der Waals surface area contributed by atoms with Gasteiger partial charge in [-0.25, -0.2) is 4.39 Å². The van der Waals surface area contributed by atoms with Crippen molar-refractivity contribution in [2.45, 2.75) is 0 Å². The number of rotatable bonds is 2. The van der Waals surface area contributed by atoms with E-state index in [0.29, 0.717) is 6.54 Å². The summed E-state index contributed by atoms with van der Waals surface area (Å²) in [4.78, 5) is 2.00. The zero-order valence-corrected chi connectivity index (χ0v) is 9.15. The van der Waals surface area contributed by atoms with Crippen LogP contribution in [-0.2, 0) is 0 Å². The van der Waals surface area contributed by atoms with E-state index in [9.17, 15) is 9.50 Å². The summed E-state index contributed by atoms with van der Waals surface area (Å²) in [7, 11) is 1.95. The number of likely N-dealkylation sites (N-methyl/N-ethyl adjacent to an activating group) is 1. The number of halogens is 1. The van der Waals surface area contributed by atoms with Gasteiger partial charge in [0, 0.05) is 13.6 Å². The van der Waals surface area contributed by atoms with Crippen molar-refractivity contribution in [2.75, 3.05) is 20.2 Å². The van der Waals surface area contributed by atoms with E-state index in [2.05, 4.69) is 0 Å². The van der Waals surface area contributed by atoms with Gasteiger partial charge in [0.25, 0.3) is 0 Å². The number of hydrogen-bond acceptors (Lipinski definition) is 2. The molecule has 2 nitrogen and oxygen atoms in total. The Morgan fingerprint density at radius 2 is 2.00 bits per heavy atom. The summed E-state index contributed by atoms with van der Waals surface area (Å²) in [6.45, 7) is 0.737. The Morgan fingerprint density at radius 3 is 2.62 bits per heavy atom. The Morgan fingerprint density at radius 1 is 1.31 bits per heavy atom. The maximum absolute atomic E-state index is 12.8. The van der Waals surface area contributed by atoms with Crippen LogP contribution in [0.15, 0.2) is 42.1 Å². The molecule has 1 aliphatic rings. The van der Waals surface area contributed by atoms with Gasteiger partial charge in [-0.3, -0.25) is 0 Å². The molecule has 0 unspecified atom stereocenters. The normalized spacial score (nSPS) is 15.8. The molecule has 0 spiro atoms. The SMILES string of the molecule is CN1C=CC(c2ccc(F)cc2)=C(CO)C1. The summed E-state index contributed by atoms with van der Waals surface area (Å²) < 4.78 is 12.8. The molecular formula is C13H14FNO. The number of nitrogens with zero attached hydrogens (tertiary/aromatic N) is 1. The molecule has 0 atom stereocenters. The lowest BCUT2D eigenvalue weighted by Crippen LogP contribution is -2.20. The number of allylic oxidation sites excluding steroid dienone is 2. The summed E-state index contributed by atoms with van der Waals surface area (Å²) in [5, 5.41) is 9.30. The predicted octanol–water partition coefficient (Wildman–Crippen LogP) is 2.03. The molecule has 84 valence electrons. The van der Waals surface area contributed by atoms with Gasteiger partial charge in [-0.15, -0.1) is 0 Å². The summed E-state index contributed by atoms with van der Waals surface area (Å²) in [6, 6.07) is 6.33. The zero-order chi connectivity index (χ0) is 11.5. The average Bonchev–Trinajstić information content (AvgIpc) is 2.30. The van der Waals surface area contributed by atoms with Crippen LogP contribution in [0.3, 0.4) is 0 Å². The van der Waals surface area contributed by atoms with Crippen LogP contribution < -0.4 is 0 Å². The molecule has 0 saturated heterocycles. The lowest BCUT2D eigenvalue weighted by molar-refractivity contribution is 0.317. The first-order valence-corrected chi connectivity index (χ1v) is 5.18. The third-order valence-electron chi connectivity index (χ3n) is 2.66. The van der Waals surface area contributed by atoms with Crippen LogP contribution in [0.1, 0.15) is 5.56 Å². The molecule has 2 rings (SSSR count). The number of aliphatic hydroxyl groups is 1. The minimum absolute atomic E-state index is 0.0292. The monoisotopic (exact) mass is 219 g/mol. The van der Waals surface area contributed by atoms with Gasteiger partial charge in [-0.05, 0) is 41.1 Å². The largest absolute Gasteiger partial charge is 0.392 e. The van der Waals surface area contributed by atoms with Gasteiger partial charge in [0.1, 0.15) is 5.82 Å². The van der Waals surface area contributed by atoms with Crippen molar-refractivity contribution in [3.63, 3.8) is 0 Å². The molecule has 1 aliphatic heterocycles. The van der Waals surface area contributed by atoms with Crippen molar-refractivity contribution in [3.05, 3.63) is 53.5 Å². The molecule has 0 aliphatic carbocycles. The van der Waals surface area contributed by atoms with Gasteiger partial charge in [0.2, 0.25) is 0 Å². The molecule has 1 aromatic carbocycles. The maximum Gasteiger partial charge on any atom is 0.123 e. The van der Waals surface area contributed by atoms with Gasteiger partial charge >= 0.3 is 0 Å². The van der Waals surface area contributed by atoms with Crippen LogP contribution in [0, 0.1) is 5.82 Å². The lowest BCUT2D eigenvalue weighted by Gasteiger charge is -2.23. The van der Waals surface area contributed by atoms with E-state index >= 15 is 0 Å². The topological polar surface area (TPSA) is 23.5 Å². The molecule has 0 saturated carbocycles. The first kappa shape index (κ1) is 10.9. The molecule has 0 bridgehead atoms. The third-order valence-corrected chi connectivity index (χ3v) is 2.66. The predicted molar refractivity (Wildman–Crippen MR) is 62.2 cm³/mol. The number of hydrogen-bond donors (Lipinski definition) is 1. The van der Waals surface area contributed by atoms with Gasteiger partial charge in [-0.1, -0.05) is 12.1 Å². The van der Waals surface area contributed by atoms with Crippen molar-refractivity contribution in [2.24, 2.45) is 0 Å². The smallest absolute Gasteiger partial charge is 0.123 e. The summed E-state index contributed by atoms with van der Waals surface area (Å²) in [5.74, 6) is -0.244. The summed E-state index contributed by atoms with van der Waals surface area (Å²) in [5.41, 5.74) is 2.88. The second-order valence-corrected chi connectivity index (χ2v) is 3.91. The first-order valence-electron chi connectivity index (χ1n) is 5.18. The Hall–Kier alpha value is -1.61. The van der Waals surface area contributed by atoms with Gasteiger partial charge < -0.3 is 10.0 Å². The van der Waals surface area contributed by atoms with Crippen molar-refractivity contribution in [1.29, 1.82) is 0 Å². The van der Waals surface area contributed by atoms with Crippen molar-refractivity contribution in [1.82, 2.24) is 4.90 Å². The molecule has 0 radical (unpaired) electrons. The molecule has 3 heteroatoms. The molecular weight excluding hydrogens is 205 g/mol. The van der Waals surface area contributed by atoms with E-state index in [4.69, 9.17) is 0 Å². The Balaban J connectivity index is 2.38. The maximum atomic E-state index is 12.8.